The molecule has 12 radical (unpaired) electrons. The maximum Gasteiger partial charge on any atom is 0.0829 e. The predicted octanol–water partition coefficient (Wildman–Crippen LogP) is 21.3. The lowest BCUT2D eigenvalue weighted by molar-refractivity contribution is 1.14. The Labute approximate surface area is 580 Å². The van der Waals surface area contributed by atoms with Gasteiger partial charge in [-0.15, -0.1) is 0 Å². The summed E-state index contributed by atoms with van der Waals surface area (Å²) in [5.41, 5.74) is 46.6. The topological polar surface area (TPSA) is 0 Å². The zero-order chi connectivity index (χ0) is 67.7. The summed E-state index contributed by atoms with van der Waals surface area (Å²) in [6.07, 6.45) is 0. The van der Waals surface area contributed by atoms with Gasteiger partial charge in [0.25, 0.3) is 0 Å². The number of hydrogen-bond donors (Lipinski definition) is 0. The van der Waals surface area contributed by atoms with Crippen molar-refractivity contribution in [2.75, 3.05) is 0 Å². The van der Waals surface area contributed by atoms with Crippen LogP contribution >= 0.6 is 0 Å². The van der Waals surface area contributed by atoms with Crippen LogP contribution in [-0.4, -0.2) is 47.1 Å². The molecule has 6 aliphatic carbocycles. The molecule has 0 spiro atoms. The lowest BCUT2D eigenvalue weighted by Crippen LogP contribution is -1.99. The number of aryl methyl sites for hydroxylation is 12. The molecule has 4 atom stereocenters. The number of benzene rings is 12. The summed E-state index contributed by atoms with van der Waals surface area (Å²) in [7, 11) is 37.9. The van der Waals surface area contributed by atoms with Crippen LogP contribution in [0.4, 0.5) is 0 Å². The van der Waals surface area contributed by atoms with Crippen molar-refractivity contribution in [1.29, 1.82) is 0 Å². The fraction of sp³-hybridized carbons (Fsp3) is 0.200. The lowest BCUT2D eigenvalue weighted by Gasteiger charge is -2.11. The monoisotopic (exact) mass is 1220 g/mol. The highest BCUT2D eigenvalue weighted by atomic mass is 14.3. The van der Waals surface area contributed by atoms with Gasteiger partial charge in [0.2, 0.25) is 0 Å². The summed E-state index contributed by atoms with van der Waals surface area (Å²) in [6, 6.07) is 77.6. The molecule has 4 unspecified atom stereocenters. The molecule has 0 nitrogen and oxygen atoms in total. The average molecular weight is 1220 g/mol. The highest BCUT2D eigenvalue weighted by Gasteiger charge is 2.32. The van der Waals surface area contributed by atoms with Crippen LogP contribution in [0.25, 0.3) is 66.8 Å². The maximum absolute atomic E-state index is 6.36. The van der Waals surface area contributed by atoms with E-state index in [0.717, 1.165) is 0 Å². The largest absolute Gasteiger partial charge is 0.0829 e. The molecule has 0 saturated heterocycles. The number of rotatable bonds is 0. The van der Waals surface area contributed by atoms with Crippen molar-refractivity contribution in [1.82, 2.24) is 0 Å². The van der Waals surface area contributed by atoms with E-state index in [4.69, 9.17) is 47.1 Å². The minimum absolute atomic E-state index is 0.0461. The van der Waals surface area contributed by atoms with Crippen molar-refractivity contribution in [2.45, 2.75) is 118 Å². The van der Waals surface area contributed by atoms with Gasteiger partial charge < -0.3 is 0 Å². The van der Waals surface area contributed by atoms with Crippen LogP contribution in [0.5, 0.6) is 0 Å². The second-order valence-corrected chi connectivity index (χ2v) is 27.6. The van der Waals surface area contributed by atoms with Crippen molar-refractivity contribution < 1.29 is 0 Å². The Morgan fingerprint density at radius 1 is 0.177 bits per heavy atom. The molecule has 0 fully saturated rings. The van der Waals surface area contributed by atoms with E-state index in [0.29, 0.717) is 0 Å². The van der Waals surface area contributed by atoms with Crippen molar-refractivity contribution in [3.8, 4) is 66.8 Å². The third-order valence-electron chi connectivity index (χ3n) is 20.9. The van der Waals surface area contributed by atoms with Crippen LogP contribution < -0.4 is 0 Å². The first-order valence-electron chi connectivity index (χ1n) is 33.9. The van der Waals surface area contributed by atoms with E-state index in [1.165, 1.54) is 200 Å². The summed E-state index contributed by atoms with van der Waals surface area (Å²) in [5.74, 6) is 0.285. The van der Waals surface area contributed by atoms with Crippen LogP contribution in [0.1, 0.15) is 168 Å². The number of hydrogen-bond acceptors (Lipinski definition) is 0. The molecule has 456 valence electrons. The summed E-state index contributed by atoms with van der Waals surface area (Å²) < 4.78 is 0. The van der Waals surface area contributed by atoms with Gasteiger partial charge in [0.15, 0.2) is 0 Å². The van der Waals surface area contributed by atoms with Gasteiger partial charge in [0.05, 0.1) is 47.1 Å². The molecule has 12 aromatic carbocycles. The molecule has 0 aliphatic heterocycles. The van der Waals surface area contributed by atoms with E-state index < -0.39 is 0 Å². The van der Waals surface area contributed by atoms with Gasteiger partial charge in [-0.25, -0.2) is 0 Å². The van der Waals surface area contributed by atoms with E-state index in [1.807, 2.05) is 0 Å². The molecular formula is C90H78B6. The average Bonchev–Trinajstić information content (AvgIpc) is 1.66. The van der Waals surface area contributed by atoms with Gasteiger partial charge in [0.1, 0.15) is 0 Å². The van der Waals surface area contributed by atoms with Gasteiger partial charge in [-0.1, -0.05) is 246 Å². The summed E-state index contributed by atoms with van der Waals surface area (Å²) in [6.45, 7) is 25.6. The maximum atomic E-state index is 6.36. The zero-order valence-corrected chi connectivity index (χ0v) is 57.7. The molecule has 0 heterocycles. The third-order valence-corrected chi connectivity index (χ3v) is 20.9. The molecule has 6 heteroatoms. The Balaban J connectivity index is 0.000000104. The fourth-order valence-corrected chi connectivity index (χ4v) is 16.1. The van der Waals surface area contributed by atoms with Gasteiger partial charge in [-0.3, -0.25) is 0 Å². The molecule has 0 bridgehead atoms. The molecule has 0 amide bonds. The molecule has 12 aromatic rings. The Bertz CT molecular complexity index is 4820. The summed E-state index contributed by atoms with van der Waals surface area (Å²) in [5, 5.41) is 0. The molecule has 6 aliphatic rings. The fourth-order valence-electron chi connectivity index (χ4n) is 16.1. The molecule has 0 saturated carbocycles. The molecule has 0 N–H and O–H groups in total. The Morgan fingerprint density at radius 3 is 0.812 bits per heavy atom. The van der Waals surface area contributed by atoms with E-state index >= 15 is 0 Å². The van der Waals surface area contributed by atoms with Gasteiger partial charge >= 0.3 is 0 Å². The van der Waals surface area contributed by atoms with Gasteiger partial charge in [-0.05, 0) is 290 Å². The van der Waals surface area contributed by atoms with Crippen LogP contribution in [0, 0.1) is 83.1 Å². The summed E-state index contributed by atoms with van der Waals surface area (Å²) in [4.78, 5) is 0. The van der Waals surface area contributed by atoms with Crippen molar-refractivity contribution in [3.63, 3.8) is 0 Å². The molecular weight excluding hydrogens is 1150 g/mol. The van der Waals surface area contributed by atoms with Crippen LogP contribution in [0.2, 0.25) is 0 Å². The van der Waals surface area contributed by atoms with E-state index in [2.05, 4.69) is 301 Å². The minimum Gasteiger partial charge on any atom is -0.0617 e. The minimum atomic E-state index is 0.0461. The normalized spacial score (nSPS) is 15.9. The zero-order valence-electron chi connectivity index (χ0n) is 57.7. The summed E-state index contributed by atoms with van der Waals surface area (Å²) >= 11 is 0. The van der Waals surface area contributed by atoms with Crippen molar-refractivity contribution in [3.05, 3.63) is 352 Å². The highest BCUT2D eigenvalue weighted by Crippen LogP contribution is 2.51. The first kappa shape index (κ1) is 65.7. The molecule has 18 rings (SSSR count). The van der Waals surface area contributed by atoms with Crippen LogP contribution in [0.3, 0.4) is 0 Å². The quantitative estimate of drug-likeness (QED) is 0.133. The van der Waals surface area contributed by atoms with Crippen LogP contribution in [-0.2, 0) is 0 Å². The van der Waals surface area contributed by atoms with Crippen molar-refractivity contribution >= 4 is 47.1 Å². The van der Waals surface area contributed by atoms with E-state index in [9.17, 15) is 0 Å². The van der Waals surface area contributed by atoms with E-state index in [1.54, 1.807) is 0 Å². The Hall–Kier alpha value is -8.97. The third kappa shape index (κ3) is 11.8. The number of fused-ring (bicyclic) bond motifs is 18. The van der Waals surface area contributed by atoms with Gasteiger partial charge in [0, 0.05) is 0 Å². The second-order valence-electron chi connectivity index (χ2n) is 27.6. The smallest absolute Gasteiger partial charge is 0.0617 e. The highest BCUT2D eigenvalue weighted by molar-refractivity contribution is 6.20. The standard InChI is InChI=1S/6C15H13B/c1-9-5-4-8-12-13(9)11-7-3-6-10(2)14(11)15(12)16;1-9-3-5-11-12-6-4-10(2)8-14(12)15(16)13(11)7-9;1-9-5-3-7-11-12-8-4-6-10(2)14(12)15(16)13(9)11;2*1-9-6-7-11-12-5-3-4-10(2)14(12)15(16)13(11)8-9;1-9-6-7-12-13(8-9)11-5-3-4-10(2)14(11)15(12)16/h6*3-8,15H,1-2H3. The second kappa shape index (κ2) is 26.6. The lowest BCUT2D eigenvalue weighted by atomic mass is 9.76. The predicted molar refractivity (Wildman–Crippen MR) is 414 cm³/mol. The Morgan fingerprint density at radius 2 is 0.427 bits per heavy atom. The van der Waals surface area contributed by atoms with E-state index in [-0.39, 0.29) is 34.9 Å². The first-order chi connectivity index (χ1) is 46.1. The van der Waals surface area contributed by atoms with Gasteiger partial charge in [-0.2, -0.15) is 0 Å². The molecule has 96 heavy (non-hydrogen) atoms. The van der Waals surface area contributed by atoms with Crippen LogP contribution in [0.15, 0.2) is 218 Å². The van der Waals surface area contributed by atoms with Crippen molar-refractivity contribution in [2.24, 2.45) is 0 Å². The molecule has 0 aromatic heterocycles. The Kier molecular flexibility index (Phi) is 18.2. The first-order valence-corrected chi connectivity index (χ1v) is 33.9. The SMILES string of the molecule is [B]C1c2c(C)cccc2-c2cccc(C)c21.[B]C1c2cc(C)ccc2-c2ccc(C)cc21.[B]C1c2cc(C)ccc2-c2cccc(C)c21.[B]C1c2cc(C)ccc2-c2cccc(C)c21.[B]C1c2ccc(C)cc2-c2cccc(C)c21.[B]C1c2cccc(C)c2-c2cccc(C)c21.